The molecule has 0 aliphatic rings. The Balaban J connectivity index is 2.39. The number of rotatable bonds is 5. The van der Waals surface area contributed by atoms with Gasteiger partial charge in [0.05, 0.1) is 22.5 Å². The lowest BCUT2D eigenvalue weighted by Crippen LogP contribution is -2.06. The van der Waals surface area contributed by atoms with Crippen molar-refractivity contribution in [2.24, 2.45) is 0 Å². The molecule has 0 aliphatic heterocycles. The average Bonchev–Trinajstić information content (AvgIpc) is 2.86. The van der Waals surface area contributed by atoms with E-state index in [2.05, 4.69) is 15.5 Å². The highest BCUT2D eigenvalue weighted by atomic mass is 16.4. The Morgan fingerprint density at radius 1 is 1.25 bits per heavy atom. The van der Waals surface area contributed by atoms with Crippen LogP contribution in [0.5, 0.6) is 0 Å². The van der Waals surface area contributed by atoms with Gasteiger partial charge >= 0.3 is 11.9 Å². The van der Waals surface area contributed by atoms with Crippen LogP contribution in [0.1, 0.15) is 33.3 Å². The minimum Gasteiger partial charge on any atom is -0.478 e. The van der Waals surface area contributed by atoms with Crippen LogP contribution in [0.2, 0.25) is 0 Å². The molecule has 0 bridgehead atoms. The molecule has 0 aliphatic carbocycles. The fourth-order valence-corrected chi connectivity index (χ4v) is 1.72. The SMILES string of the molecule is CCc1cc(Nc2cc(C(=O)O)ccc2C(=O)O)[nH]n1. The maximum absolute atomic E-state index is 11.1. The Morgan fingerprint density at radius 2 is 2.00 bits per heavy atom. The van der Waals surface area contributed by atoms with Crippen LogP contribution < -0.4 is 5.32 Å². The van der Waals surface area contributed by atoms with E-state index in [9.17, 15) is 9.59 Å². The molecule has 0 saturated carbocycles. The summed E-state index contributed by atoms with van der Waals surface area (Å²) in [6.07, 6.45) is 0.735. The molecule has 1 aromatic carbocycles. The van der Waals surface area contributed by atoms with E-state index < -0.39 is 11.9 Å². The summed E-state index contributed by atoms with van der Waals surface area (Å²) in [6.45, 7) is 1.94. The molecule has 0 unspecified atom stereocenters. The number of aromatic nitrogens is 2. The first kappa shape index (κ1) is 13.6. The number of anilines is 2. The quantitative estimate of drug-likeness (QED) is 0.664. The summed E-state index contributed by atoms with van der Waals surface area (Å²) in [7, 11) is 0. The van der Waals surface area contributed by atoms with Crippen molar-refractivity contribution in [1.29, 1.82) is 0 Å². The highest BCUT2D eigenvalue weighted by Gasteiger charge is 2.14. The highest BCUT2D eigenvalue weighted by molar-refractivity contribution is 5.98. The van der Waals surface area contributed by atoms with E-state index in [1.807, 2.05) is 6.92 Å². The zero-order valence-electron chi connectivity index (χ0n) is 10.7. The molecule has 2 rings (SSSR count). The second-order valence-corrected chi connectivity index (χ2v) is 4.12. The van der Waals surface area contributed by atoms with Gasteiger partial charge in [-0.05, 0) is 24.6 Å². The number of nitrogens with zero attached hydrogens (tertiary/aromatic N) is 1. The van der Waals surface area contributed by atoms with E-state index in [4.69, 9.17) is 10.2 Å². The number of carbonyl (C=O) groups is 2. The zero-order chi connectivity index (χ0) is 14.7. The van der Waals surface area contributed by atoms with Gasteiger partial charge in [-0.15, -0.1) is 0 Å². The topological polar surface area (TPSA) is 115 Å². The molecule has 20 heavy (non-hydrogen) atoms. The van der Waals surface area contributed by atoms with Crippen molar-refractivity contribution in [2.45, 2.75) is 13.3 Å². The van der Waals surface area contributed by atoms with Crippen LogP contribution in [0.15, 0.2) is 24.3 Å². The molecule has 7 heteroatoms. The summed E-state index contributed by atoms with van der Waals surface area (Å²) in [5.74, 6) is -1.75. The number of H-pyrrole nitrogens is 1. The van der Waals surface area contributed by atoms with Crippen molar-refractivity contribution in [1.82, 2.24) is 10.2 Å². The number of nitrogens with one attached hydrogen (secondary N) is 2. The molecule has 4 N–H and O–H groups in total. The van der Waals surface area contributed by atoms with Gasteiger partial charge in [0, 0.05) is 6.07 Å². The zero-order valence-corrected chi connectivity index (χ0v) is 10.7. The molecule has 0 amide bonds. The van der Waals surface area contributed by atoms with Crippen molar-refractivity contribution >= 4 is 23.4 Å². The number of aromatic carboxylic acids is 2. The van der Waals surface area contributed by atoms with Crippen LogP contribution in [-0.2, 0) is 6.42 Å². The lowest BCUT2D eigenvalue weighted by Gasteiger charge is -2.08. The van der Waals surface area contributed by atoms with Gasteiger partial charge in [-0.2, -0.15) is 5.10 Å². The first-order chi connectivity index (χ1) is 9.51. The van der Waals surface area contributed by atoms with Gasteiger partial charge in [0.2, 0.25) is 0 Å². The molecule has 7 nitrogen and oxygen atoms in total. The lowest BCUT2D eigenvalue weighted by atomic mass is 10.1. The van der Waals surface area contributed by atoms with Crippen LogP contribution in [0, 0.1) is 0 Å². The van der Waals surface area contributed by atoms with E-state index in [1.165, 1.54) is 18.2 Å². The van der Waals surface area contributed by atoms with Crippen LogP contribution in [0.4, 0.5) is 11.5 Å². The van der Waals surface area contributed by atoms with E-state index in [-0.39, 0.29) is 16.8 Å². The number of hydrogen-bond donors (Lipinski definition) is 4. The molecule has 104 valence electrons. The lowest BCUT2D eigenvalue weighted by molar-refractivity contribution is 0.0682. The molecular weight excluding hydrogens is 262 g/mol. The van der Waals surface area contributed by atoms with E-state index in [0.29, 0.717) is 5.82 Å². The number of carboxylic acid groups (broad SMARTS) is 2. The van der Waals surface area contributed by atoms with Crippen molar-refractivity contribution < 1.29 is 19.8 Å². The third-order valence-corrected chi connectivity index (χ3v) is 2.76. The van der Waals surface area contributed by atoms with E-state index >= 15 is 0 Å². The predicted molar refractivity (Wildman–Crippen MR) is 71.6 cm³/mol. The van der Waals surface area contributed by atoms with Crippen molar-refractivity contribution in [3.63, 3.8) is 0 Å². The van der Waals surface area contributed by atoms with Gasteiger partial charge in [0.1, 0.15) is 5.82 Å². The predicted octanol–water partition coefficient (Wildman–Crippen LogP) is 2.11. The fraction of sp³-hybridized carbons (Fsp3) is 0.154. The Hall–Kier alpha value is -2.83. The molecule has 0 saturated heterocycles. The third-order valence-electron chi connectivity index (χ3n) is 2.76. The Morgan fingerprint density at radius 3 is 2.55 bits per heavy atom. The van der Waals surface area contributed by atoms with Crippen LogP contribution >= 0.6 is 0 Å². The number of aryl methyl sites for hydroxylation is 1. The molecule has 0 radical (unpaired) electrons. The number of hydrogen-bond acceptors (Lipinski definition) is 4. The largest absolute Gasteiger partial charge is 0.478 e. The van der Waals surface area contributed by atoms with Gasteiger partial charge in [0.15, 0.2) is 0 Å². The molecule has 2 aromatic rings. The standard InChI is InChI=1S/C13H13N3O4/c1-2-8-6-11(16-15-8)14-10-5-7(12(17)18)3-4-9(10)13(19)20/h3-6H,2H2,1H3,(H,17,18)(H,19,20)(H2,14,15,16). The first-order valence-corrected chi connectivity index (χ1v) is 5.93. The fourth-order valence-electron chi connectivity index (χ4n) is 1.72. The van der Waals surface area contributed by atoms with Gasteiger partial charge in [0.25, 0.3) is 0 Å². The van der Waals surface area contributed by atoms with Gasteiger partial charge < -0.3 is 15.5 Å². The average molecular weight is 275 g/mol. The summed E-state index contributed by atoms with van der Waals surface area (Å²) < 4.78 is 0. The minimum absolute atomic E-state index is 0.00716. The molecular formula is C13H13N3O4. The van der Waals surface area contributed by atoms with E-state index in [1.54, 1.807) is 6.07 Å². The highest BCUT2D eigenvalue weighted by Crippen LogP contribution is 2.22. The smallest absolute Gasteiger partial charge is 0.337 e. The van der Waals surface area contributed by atoms with Crippen molar-refractivity contribution in [3.05, 3.63) is 41.1 Å². The number of benzene rings is 1. The summed E-state index contributed by atoms with van der Waals surface area (Å²) in [5.41, 5.74) is 1.01. The first-order valence-electron chi connectivity index (χ1n) is 5.93. The van der Waals surface area contributed by atoms with Crippen LogP contribution in [-0.4, -0.2) is 32.3 Å². The molecule has 0 atom stereocenters. The molecule has 0 spiro atoms. The minimum atomic E-state index is -1.14. The van der Waals surface area contributed by atoms with Gasteiger partial charge in [-0.1, -0.05) is 6.92 Å². The van der Waals surface area contributed by atoms with Crippen LogP contribution in [0.25, 0.3) is 0 Å². The maximum atomic E-state index is 11.1. The Labute approximate surface area is 114 Å². The van der Waals surface area contributed by atoms with Gasteiger partial charge in [-0.3, -0.25) is 5.10 Å². The number of aromatic amines is 1. The van der Waals surface area contributed by atoms with Gasteiger partial charge in [-0.25, -0.2) is 9.59 Å². The Bertz CT molecular complexity index is 663. The summed E-state index contributed by atoms with van der Waals surface area (Å²) in [6, 6.07) is 5.52. The monoisotopic (exact) mass is 275 g/mol. The summed E-state index contributed by atoms with van der Waals surface area (Å²) in [4.78, 5) is 22.1. The number of carboxylic acids is 2. The van der Waals surface area contributed by atoms with Crippen molar-refractivity contribution in [3.8, 4) is 0 Å². The van der Waals surface area contributed by atoms with E-state index in [0.717, 1.165) is 12.1 Å². The van der Waals surface area contributed by atoms with Crippen LogP contribution in [0.3, 0.4) is 0 Å². The molecule has 1 aromatic heterocycles. The second-order valence-electron chi connectivity index (χ2n) is 4.12. The molecule has 0 fully saturated rings. The second kappa shape index (κ2) is 5.43. The maximum Gasteiger partial charge on any atom is 0.337 e. The summed E-state index contributed by atoms with van der Waals surface area (Å²) in [5, 5.41) is 27.6. The molecule has 1 heterocycles. The van der Waals surface area contributed by atoms with Crippen molar-refractivity contribution in [2.75, 3.05) is 5.32 Å². The summed E-state index contributed by atoms with van der Waals surface area (Å²) >= 11 is 0. The normalized spacial score (nSPS) is 10.2. The third kappa shape index (κ3) is 2.77. The Kier molecular flexibility index (Phi) is 3.69.